The first-order chi connectivity index (χ1) is 12.5. The van der Waals surface area contributed by atoms with E-state index in [-0.39, 0.29) is 23.2 Å². The molecular weight excluding hydrogens is 374 g/mol. The highest BCUT2D eigenvalue weighted by atomic mass is 35.5. The molecule has 26 heavy (non-hydrogen) atoms. The lowest BCUT2D eigenvalue weighted by molar-refractivity contribution is 0.0489. The average Bonchev–Trinajstić information content (AvgIpc) is 3.11. The maximum absolute atomic E-state index is 12.2. The Balaban J connectivity index is 1.99. The number of rotatable bonds is 6. The highest BCUT2D eigenvalue weighted by Gasteiger charge is 2.22. The molecule has 7 heteroatoms. The molecule has 0 aliphatic heterocycles. The van der Waals surface area contributed by atoms with Gasteiger partial charge in [-0.15, -0.1) is 11.3 Å². The molecule has 1 N–H and O–H groups in total. The van der Waals surface area contributed by atoms with Crippen LogP contribution in [0.15, 0.2) is 30.3 Å². The van der Waals surface area contributed by atoms with Gasteiger partial charge in [0, 0.05) is 10.3 Å². The lowest BCUT2D eigenvalue weighted by Gasteiger charge is -2.06. The molecular formula is C19H18ClNO4S. The summed E-state index contributed by atoms with van der Waals surface area (Å²) in [6.07, 6.45) is 1.66. The summed E-state index contributed by atoms with van der Waals surface area (Å²) in [4.78, 5) is 17.1. The molecule has 1 aromatic carbocycles. The fourth-order valence-electron chi connectivity index (χ4n) is 2.46. The van der Waals surface area contributed by atoms with E-state index in [9.17, 15) is 9.90 Å². The zero-order chi connectivity index (χ0) is 18.7. The van der Waals surface area contributed by atoms with E-state index in [1.807, 2.05) is 37.3 Å². The Morgan fingerprint density at radius 1 is 1.31 bits per heavy atom. The first-order valence-electron chi connectivity index (χ1n) is 8.18. The molecule has 0 fully saturated rings. The Hall–Kier alpha value is -2.31. The summed E-state index contributed by atoms with van der Waals surface area (Å²) in [6, 6.07) is 9.40. The predicted octanol–water partition coefficient (Wildman–Crippen LogP) is 5.29. The van der Waals surface area contributed by atoms with E-state index in [0.717, 1.165) is 29.0 Å². The molecule has 3 aromatic rings. The van der Waals surface area contributed by atoms with E-state index in [2.05, 4.69) is 4.98 Å². The summed E-state index contributed by atoms with van der Waals surface area (Å²) >= 11 is 7.59. The van der Waals surface area contributed by atoms with Gasteiger partial charge >= 0.3 is 5.97 Å². The number of hydrogen-bond acceptors (Lipinski definition) is 6. The van der Waals surface area contributed by atoms with Crippen LogP contribution in [0.4, 0.5) is 0 Å². The third-order valence-corrected chi connectivity index (χ3v) is 5.38. The zero-order valence-electron chi connectivity index (χ0n) is 14.4. The number of carbonyl (C=O) groups excluding carboxylic acids is 1. The highest BCUT2D eigenvalue weighted by Crippen LogP contribution is 2.42. The normalized spacial score (nSPS) is 10.9. The maximum atomic E-state index is 12.2. The van der Waals surface area contributed by atoms with Crippen LogP contribution in [0.3, 0.4) is 0 Å². The first-order valence-corrected chi connectivity index (χ1v) is 9.38. The van der Waals surface area contributed by atoms with Gasteiger partial charge < -0.3 is 14.6 Å². The molecule has 0 saturated carbocycles. The van der Waals surface area contributed by atoms with Crippen LogP contribution in [0.1, 0.15) is 30.3 Å². The van der Waals surface area contributed by atoms with Crippen molar-refractivity contribution in [3.05, 3.63) is 41.2 Å². The number of aromatic hydroxyl groups is 1. The fourth-order valence-corrected chi connectivity index (χ4v) is 3.86. The van der Waals surface area contributed by atoms with Gasteiger partial charge in [-0.2, -0.15) is 0 Å². The monoisotopic (exact) mass is 391 g/mol. The van der Waals surface area contributed by atoms with E-state index in [1.165, 1.54) is 11.3 Å². The maximum Gasteiger partial charge on any atom is 0.360 e. The summed E-state index contributed by atoms with van der Waals surface area (Å²) in [7, 11) is 1.61. The molecule has 136 valence electrons. The Bertz CT molecular complexity index is 937. The third kappa shape index (κ3) is 3.61. The molecule has 0 radical (unpaired) electrons. The summed E-state index contributed by atoms with van der Waals surface area (Å²) in [5.74, 6) is -0.107. The minimum absolute atomic E-state index is 0.151. The van der Waals surface area contributed by atoms with E-state index in [1.54, 1.807) is 7.11 Å². The van der Waals surface area contributed by atoms with Crippen LogP contribution in [0.25, 0.3) is 20.5 Å². The van der Waals surface area contributed by atoms with Crippen LogP contribution in [0.2, 0.25) is 5.15 Å². The van der Waals surface area contributed by atoms with E-state index < -0.39 is 5.97 Å². The molecule has 0 spiro atoms. The van der Waals surface area contributed by atoms with Crippen LogP contribution in [0, 0.1) is 0 Å². The zero-order valence-corrected chi connectivity index (χ0v) is 16.0. The third-order valence-electron chi connectivity index (χ3n) is 3.90. The highest BCUT2D eigenvalue weighted by molar-refractivity contribution is 7.22. The number of unbranched alkanes of at least 4 members (excludes halogenated alkanes) is 1. The molecule has 0 aliphatic rings. The average molecular weight is 392 g/mol. The molecule has 3 rings (SSSR count). The summed E-state index contributed by atoms with van der Waals surface area (Å²) in [6.45, 7) is 2.28. The van der Waals surface area contributed by atoms with Crippen molar-refractivity contribution in [1.29, 1.82) is 0 Å². The summed E-state index contributed by atoms with van der Waals surface area (Å²) in [5, 5.41) is 11.3. The molecule has 0 amide bonds. The van der Waals surface area contributed by atoms with Crippen molar-refractivity contribution >= 4 is 39.0 Å². The molecule has 0 unspecified atom stereocenters. The topological polar surface area (TPSA) is 68.7 Å². The number of hydrogen-bond donors (Lipinski definition) is 1. The van der Waals surface area contributed by atoms with Gasteiger partial charge in [-0.1, -0.05) is 24.9 Å². The number of nitrogens with zero attached hydrogens (tertiary/aromatic N) is 1. The largest absolute Gasteiger partial charge is 0.504 e. The molecule has 0 saturated heterocycles. The quantitative estimate of drug-likeness (QED) is 0.351. The van der Waals surface area contributed by atoms with Crippen molar-refractivity contribution in [1.82, 2.24) is 4.98 Å². The molecule has 0 bridgehead atoms. The smallest absolute Gasteiger partial charge is 0.360 e. The molecule has 2 heterocycles. The predicted molar refractivity (Wildman–Crippen MR) is 103 cm³/mol. The lowest BCUT2D eigenvalue weighted by Crippen LogP contribution is -2.09. The van der Waals surface area contributed by atoms with Gasteiger partial charge in [0.05, 0.1) is 18.4 Å². The van der Waals surface area contributed by atoms with Gasteiger partial charge in [-0.3, -0.25) is 0 Å². The number of esters is 1. The van der Waals surface area contributed by atoms with Gasteiger partial charge in [0.2, 0.25) is 0 Å². The standard InChI is InChI=1S/C19H18ClNO4S/c1-3-4-9-25-19(23)15-16(22)17-13(18(20)21-15)10-14(26-17)11-5-7-12(24-2)8-6-11/h5-8,10,22H,3-4,9H2,1-2H3. The van der Waals surface area contributed by atoms with Crippen LogP contribution < -0.4 is 4.74 Å². The van der Waals surface area contributed by atoms with Crippen LogP contribution in [-0.2, 0) is 4.74 Å². The van der Waals surface area contributed by atoms with E-state index in [4.69, 9.17) is 21.1 Å². The molecule has 5 nitrogen and oxygen atoms in total. The molecule has 0 aliphatic carbocycles. The summed E-state index contributed by atoms with van der Waals surface area (Å²) in [5.41, 5.74) is 0.802. The number of benzene rings is 1. The van der Waals surface area contributed by atoms with Gasteiger partial charge in [-0.05, 0) is 42.3 Å². The minimum atomic E-state index is -0.667. The number of aromatic nitrogens is 1. The number of halogens is 1. The van der Waals surface area contributed by atoms with Crippen molar-refractivity contribution in [2.24, 2.45) is 0 Å². The number of methoxy groups -OCH3 is 1. The van der Waals surface area contributed by atoms with Gasteiger partial charge in [0.15, 0.2) is 11.4 Å². The van der Waals surface area contributed by atoms with Crippen molar-refractivity contribution in [3.63, 3.8) is 0 Å². The van der Waals surface area contributed by atoms with Crippen LogP contribution >= 0.6 is 22.9 Å². The van der Waals surface area contributed by atoms with Crippen molar-refractivity contribution in [2.45, 2.75) is 19.8 Å². The van der Waals surface area contributed by atoms with Crippen LogP contribution in [-0.4, -0.2) is 29.8 Å². The SMILES string of the molecule is CCCCOC(=O)c1nc(Cl)c2cc(-c3ccc(OC)cc3)sc2c1O. The number of carbonyl (C=O) groups is 1. The number of ether oxygens (including phenoxy) is 2. The van der Waals surface area contributed by atoms with Gasteiger partial charge in [0.25, 0.3) is 0 Å². The Kier molecular flexibility index (Phi) is 5.64. The van der Waals surface area contributed by atoms with Crippen molar-refractivity contribution < 1.29 is 19.4 Å². The minimum Gasteiger partial charge on any atom is -0.504 e. The molecule has 2 aromatic heterocycles. The van der Waals surface area contributed by atoms with Crippen LogP contribution in [0.5, 0.6) is 11.5 Å². The van der Waals surface area contributed by atoms with Gasteiger partial charge in [-0.25, -0.2) is 9.78 Å². The first kappa shape index (κ1) is 18.5. The van der Waals surface area contributed by atoms with E-state index >= 15 is 0 Å². The Morgan fingerprint density at radius 2 is 2.04 bits per heavy atom. The fraction of sp³-hybridized carbons (Fsp3) is 0.263. The Morgan fingerprint density at radius 3 is 2.69 bits per heavy atom. The van der Waals surface area contributed by atoms with Crippen molar-refractivity contribution in [2.75, 3.05) is 13.7 Å². The van der Waals surface area contributed by atoms with Gasteiger partial charge in [0.1, 0.15) is 10.9 Å². The Labute approximate surface area is 160 Å². The number of thiophene rings is 1. The lowest BCUT2D eigenvalue weighted by atomic mass is 10.1. The second-order valence-electron chi connectivity index (χ2n) is 5.67. The second-order valence-corrected chi connectivity index (χ2v) is 7.08. The number of pyridine rings is 1. The number of fused-ring (bicyclic) bond motifs is 1. The van der Waals surface area contributed by atoms with Crippen molar-refractivity contribution in [3.8, 4) is 21.9 Å². The summed E-state index contributed by atoms with van der Waals surface area (Å²) < 4.78 is 10.8. The van der Waals surface area contributed by atoms with E-state index in [0.29, 0.717) is 10.1 Å². The molecule has 0 atom stereocenters. The second kappa shape index (κ2) is 7.93.